The summed E-state index contributed by atoms with van der Waals surface area (Å²) in [4.78, 5) is 4.10. The minimum atomic E-state index is -3.14. The number of aryl methyl sites for hydroxylation is 1. The zero-order valence-electron chi connectivity index (χ0n) is 9.32. The molecule has 0 saturated carbocycles. The maximum atomic E-state index is 10.8. The molecule has 4 N–H and O–H groups in total. The SMILES string of the molecule is Cc1cnc(NCCNS(C)(=O)=O)c(N)c1. The fourth-order valence-electron chi connectivity index (χ4n) is 1.16. The van der Waals surface area contributed by atoms with Crippen molar-refractivity contribution >= 4 is 21.5 Å². The molecule has 0 bridgehead atoms. The molecule has 0 spiro atoms. The van der Waals surface area contributed by atoms with E-state index in [1.165, 1.54) is 0 Å². The van der Waals surface area contributed by atoms with Crippen LogP contribution in [-0.4, -0.2) is 32.7 Å². The Kier molecular flexibility index (Phi) is 4.08. The van der Waals surface area contributed by atoms with Gasteiger partial charge in [0, 0.05) is 19.3 Å². The number of rotatable bonds is 5. The van der Waals surface area contributed by atoms with Crippen LogP contribution in [-0.2, 0) is 10.0 Å². The van der Waals surface area contributed by atoms with E-state index < -0.39 is 10.0 Å². The third kappa shape index (κ3) is 4.45. The Morgan fingerprint density at radius 2 is 2.12 bits per heavy atom. The highest BCUT2D eigenvalue weighted by Gasteiger charge is 2.01. The van der Waals surface area contributed by atoms with Gasteiger partial charge in [0.25, 0.3) is 0 Å². The molecule has 16 heavy (non-hydrogen) atoms. The number of hydrogen-bond donors (Lipinski definition) is 3. The molecule has 0 saturated heterocycles. The third-order valence-corrected chi connectivity index (χ3v) is 2.56. The van der Waals surface area contributed by atoms with Crippen LogP contribution in [0.15, 0.2) is 12.3 Å². The topological polar surface area (TPSA) is 97.1 Å². The molecule has 0 fully saturated rings. The molecular formula is C9H16N4O2S. The van der Waals surface area contributed by atoms with Gasteiger partial charge in [-0.15, -0.1) is 0 Å². The molecule has 0 aliphatic rings. The molecule has 0 aromatic carbocycles. The third-order valence-electron chi connectivity index (χ3n) is 1.84. The van der Waals surface area contributed by atoms with E-state index in [-0.39, 0.29) is 0 Å². The maximum Gasteiger partial charge on any atom is 0.208 e. The van der Waals surface area contributed by atoms with Gasteiger partial charge in [-0.3, -0.25) is 0 Å². The quantitative estimate of drug-likeness (QED) is 0.630. The second kappa shape index (κ2) is 5.13. The first-order chi connectivity index (χ1) is 7.38. The number of sulfonamides is 1. The van der Waals surface area contributed by atoms with Crippen molar-refractivity contribution in [3.05, 3.63) is 17.8 Å². The van der Waals surface area contributed by atoms with Crippen molar-refractivity contribution in [1.82, 2.24) is 9.71 Å². The van der Waals surface area contributed by atoms with E-state index in [1.807, 2.05) is 6.92 Å². The van der Waals surface area contributed by atoms with Crippen LogP contribution in [0.3, 0.4) is 0 Å². The number of aromatic nitrogens is 1. The molecule has 90 valence electrons. The van der Waals surface area contributed by atoms with Crippen LogP contribution < -0.4 is 15.8 Å². The normalized spacial score (nSPS) is 11.4. The van der Waals surface area contributed by atoms with Crippen molar-refractivity contribution in [3.63, 3.8) is 0 Å². The van der Waals surface area contributed by atoms with E-state index in [0.717, 1.165) is 11.8 Å². The van der Waals surface area contributed by atoms with Crippen LogP contribution in [0.2, 0.25) is 0 Å². The van der Waals surface area contributed by atoms with Crippen LogP contribution in [0.5, 0.6) is 0 Å². The van der Waals surface area contributed by atoms with E-state index in [4.69, 9.17) is 5.73 Å². The van der Waals surface area contributed by atoms with E-state index in [1.54, 1.807) is 12.3 Å². The summed E-state index contributed by atoms with van der Waals surface area (Å²) in [5.41, 5.74) is 7.26. The number of anilines is 2. The lowest BCUT2D eigenvalue weighted by Crippen LogP contribution is -2.27. The first kappa shape index (κ1) is 12.7. The van der Waals surface area contributed by atoms with Crippen molar-refractivity contribution in [2.45, 2.75) is 6.92 Å². The monoisotopic (exact) mass is 244 g/mol. The Morgan fingerprint density at radius 3 is 2.69 bits per heavy atom. The van der Waals surface area contributed by atoms with Gasteiger partial charge in [-0.05, 0) is 18.6 Å². The van der Waals surface area contributed by atoms with E-state index in [0.29, 0.717) is 24.6 Å². The van der Waals surface area contributed by atoms with Gasteiger partial charge >= 0.3 is 0 Å². The van der Waals surface area contributed by atoms with Crippen LogP contribution in [0.25, 0.3) is 0 Å². The summed E-state index contributed by atoms with van der Waals surface area (Å²) < 4.78 is 23.9. The average Bonchev–Trinajstić information content (AvgIpc) is 2.13. The molecule has 0 atom stereocenters. The number of pyridine rings is 1. The zero-order chi connectivity index (χ0) is 12.2. The lowest BCUT2D eigenvalue weighted by Gasteiger charge is -2.08. The molecule has 0 radical (unpaired) electrons. The first-order valence-electron chi connectivity index (χ1n) is 4.79. The minimum absolute atomic E-state index is 0.299. The fourth-order valence-corrected chi connectivity index (χ4v) is 1.63. The molecule has 6 nitrogen and oxygen atoms in total. The lowest BCUT2D eigenvalue weighted by atomic mass is 10.3. The number of hydrogen-bond acceptors (Lipinski definition) is 5. The molecule has 0 aliphatic heterocycles. The summed E-state index contributed by atoms with van der Waals surface area (Å²) >= 11 is 0. The Hall–Kier alpha value is -1.34. The highest BCUT2D eigenvalue weighted by molar-refractivity contribution is 7.88. The lowest BCUT2D eigenvalue weighted by molar-refractivity contribution is 0.589. The summed E-state index contributed by atoms with van der Waals surface area (Å²) in [6.07, 6.45) is 2.81. The molecule has 1 rings (SSSR count). The van der Waals surface area contributed by atoms with Gasteiger partial charge in [-0.25, -0.2) is 18.1 Å². The van der Waals surface area contributed by atoms with Crippen molar-refractivity contribution < 1.29 is 8.42 Å². The zero-order valence-corrected chi connectivity index (χ0v) is 10.1. The van der Waals surface area contributed by atoms with Crippen LogP contribution in [0.1, 0.15) is 5.56 Å². The highest BCUT2D eigenvalue weighted by Crippen LogP contribution is 2.14. The molecule has 1 heterocycles. The maximum absolute atomic E-state index is 10.8. The minimum Gasteiger partial charge on any atom is -0.396 e. The van der Waals surface area contributed by atoms with Crippen molar-refractivity contribution in [2.24, 2.45) is 0 Å². The van der Waals surface area contributed by atoms with E-state index in [9.17, 15) is 8.42 Å². The summed E-state index contributed by atoms with van der Waals surface area (Å²) in [6.45, 7) is 2.64. The standard InChI is InChI=1S/C9H16N4O2S/c1-7-5-8(10)9(12-6-7)11-3-4-13-16(2,14)15/h5-6,13H,3-4,10H2,1-2H3,(H,11,12). The predicted octanol–water partition coefficient (Wildman–Crippen LogP) is -0.0667. The second-order valence-electron chi connectivity index (χ2n) is 3.54. The first-order valence-corrected chi connectivity index (χ1v) is 6.68. The van der Waals surface area contributed by atoms with Crippen LogP contribution in [0, 0.1) is 6.92 Å². The number of nitrogens with one attached hydrogen (secondary N) is 2. The summed E-state index contributed by atoms with van der Waals surface area (Å²) in [7, 11) is -3.14. The molecule has 1 aromatic rings. The van der Waals surface area contributed by atoms with E-state index >= 15 is 0 Å². The summed E-state index contributed by atoms with van der Waals surface area (Å²) in [5, 5.41) is 2.95. The fraction of sp³-hybridized carbons (Fsp3) is 0.444. The molecule has 0 unspecified atom stereocenters. The van der Waals surface area contributed by atoms with Gasteiger partial charge < -0.3 is 11.1 Å². The van der Waals surface area contributed by atoms with Crippen molar-refractivity contribution in [2.75, 3.05) is 30.4 Å². The van der Waals surface area contributed by atoms with Gasteiger partial charge in [-0.1, -0.05) is 0 Å². The van der Waals surface area contributed by atoms with Gasteiger partial charge in [0.1, 0.15) is 5.82 Å². The molecular weight excluding hydrogens is 228 g/mol. The van der Waals surface area contributed by atoms with Gasteiger partial charge in [0.15, 0.2) is 0 Å². The summed E-state index contributed by atoms with van der Waals surface area (Å²) in [6, 6.07) is 1.80. The van der Waals surface area contributed by atoms with Crippen molar-refractivity contribution in [3.8, 4) is 0 Å². The molecule has 7 heteroatoms. The predicted molar refractivity (Wildman–Crippen MR) is 64.7 cm³/mol. The van der Waals surface area contributed by atoms with Gasteiger partial charge in [-0.2, -0.15) is 0 Å². The Morgan fingerprint density at radius 1 is 1.44 bits per heavy atom. The largest absolute Gasteiger partial charge is 0.396 e. The average molecular weight is 244 g/mol. The molecule has 0 amide bonds. The second-order valence-corrected chi connectivity index (χ2v) is 5.38. The van der Waals surface area contributed by atoms with E-state index in [2.05, 4.69) is 15.0 Å². The number of nitrogens with zero attached hydrogens (tertiary/aromatic N) is 1. The van der Waals surface area contributed by atoms with Crippen LogP contribution in [0.4, 0.5) is 11.5 Å². The Balaban J connectivity index is 2.43. The molecule has 1 aromatic heterocycles. The van der Waals surface area contributed by atoms with Crippen LogP contribution >= 0.6 is 0 Å². The van der Waals surface area contributed by atoms with Crippen molar-refractivity contribution in [1.29, 1.82) is 0 Å². The number of nitrogen functional groups attached to an aromatic ring is 1. The summed E-state index contributed by atoms with van der Waals surface area (Å²) in [5.74, 6) is 0.570. The van der Waals surface area contributed by atoms with Gasteiger partial charge in [0.05, 0.1) is 11.9 Å². The smallest absolute Gasteiger partial charge is 0.208 e. The van der Waals surface area contributed by atoms with Gasteiger partial charge in [0.2, 0.25) is 10.0 Å². The Bertz CT molecular complexity index is 459. The highest BCUT2D eigenvalue weighted by atomic mass is 32.2. The molecule has 0 aliphatic carbocycles. The number of nitrogens with two attached hydrogens (primary N) is 1. The Labute approximate surface area is 95.3 Å².